The van der Waals surface area contributed by atoms with Crippen molar-refractivity contribution in [3.05, 3.63) is 35.9 Å². The number of hydrogen-bond acceptors (Lipinski definition) is 4. The first-order valence-electron chi connectivity index (χ1n) is 6.65. The maximum Gasteiger partial charge on any atom is 0.418 e. The van der Waals surface area contributed by atoms with E-state index in [1.807, 2.05) is 30.3 Å². The Hall–Kier alpha value is -2.08. The summed E-state index contributed by atoms with van der Waals surface area (Å²) in [6.45, 7) is 2.31. The van der Waals surface area contributed by atoms with Crippen LogP contribution in [0.4, 0.5) is 9.59 Å². The molecule has 2 fully saturated rings. The van der Waals surface area contributed by atoms with E-state index in [2.05, 4.69) is 0 Å². The Kier molecular flexibility index (Phi) is 3.56. The Morgan fingerprint density at radius 3 is 2.55 bits per heavy atom. The molecule has 0 N–H and O–H groups in total. The van der Waals surface area contributed by atoms with E-state index in [4.69, 9.17) is 9.47 Å². The summed E-state index contributed by atoms with van der Waals surface area (Å²) in [6, 6.07) is 9.15. The van der Waals surface area contributed by atoms with Gasteiger partial charge in [0.15, 0.2) is 0 Å². The van der Waals surface area contributed by atoms with Crippen LogP contribution in [-0.2, 0) is 9.47 Å². The highest BCUT2D eigenvalue weighted by Crippen LogP contribution is 2.26. The maximum atomic E-state index is 12.3. The molecule has 0 radical (unpaired) electrons. The minimum Gasteiger partial charge on any atom is -0.439 e. The number of amides is 3. The summed E-state index contributed by atoms with van der Waals surface area (Å²) in [5.74, 6) is 0. The molecule has 106 valence electrons. The van der Waals surface area contributed by atoms with Gasteiger partial charge in [0.1, 0.15) is 6.10 Å². The van der Waals surface area contributed by atoms with Crippen LogP contribution < -0.4 is 0 Å². The van der Waals surface area contributed by atoms with Crippen molar-refractivity contribution in [3.8, 4) is 0 Å². The highest BCUT2D eigenvalue weighted by molar-refractivity contribution is 5.92. The molecule has 0 aromatic heterocycles. The Bertz CT molecular complexity index is 499. The van der Waals surface area contributed by atoms with E-state index in [0.29, 0.717) is 26.3 Å². The first-order chi connectivity index (χ1) is 9.75. The molecule has 3 rings (SSSR count). The molecule has 2 saturated heterocycles. The summed E-state index contributed by atoms with van der Waals surface area (Å²) < 4.78 is 10.5. The van der Waals surface area contributed by atoms with E-state index in [-0.39, 0.29) is 18.7 Å². The first kappa shape index (κ1) is 12.9. The second kappa shape index (κ2) is 5.50. The van der Waals surface area contributed by atoms with Crippen LogP contribution in [0.15, 0.2) is 30.3 Å². The largest absolute Gasteiger partial charge is 0.439 e. The van der Waals surface area contributed by atoms with Gasteiger partial charge in [-0.3, -0.25) is 0 Å². The molecule has 6 heteroatoms. The Morgan fingerprint density at radius 2 is 1.85 bits per heavy atom. The number of cyclic esters (lactones) is 1. The van der Waals surface area contributed by atoms with E-state index in [9.17, 15) is 9.59 Å². The van der Waals surface area contributed by atoms with E-state index >= 15 is 0 Å². The molecule has 1 aromatic rings. The molecular formula is C14H16N2O4. The van der Waals surface area contributed by atoms with Crippen molar-refractivity contribution < 1.29 is 19.1 Å². The van der Waals surface area contributed by atoms with Crippen LogP contribution >= 0.6 is 0 Å². The number of nitrogens with zero attached hydrogens (tertiary/aromatic N) is 2. The third kappa shape index (κ3) is 2.46. The molecule has 1 aromatic carbocycles. The van der Waals surface area contributed by atoms with Gasteiger partial charge in [-0.05, 0) is 5.56 Å². The third-order valence-electron chi connectivity index (χ3n) is 3.50. The Morgan fingerprint density at radius 1 is 1.15 bits per heavy atom. The lowest BCUT2D eigenvalue weighted by molar-refractivity contribution is 0.0465. The van der Waals surface area contributed by atoms with Gasteiger partial charge in [0.2, 0.25) is 0 Å². The zero-order chi connectivity index (χ0) is 13.9. The molecule has 0 bridgehead atoms. The van der Waals surface area contributed by atoms with E-state index < -0.39 is 6.09 Å². The molecule has 1 atom stereocenters. The van der Waals surface area contributed by atoms with Crippen molar-refractivity contribution >= 4 is 12.1 Å². The average Bonchev–Trinajstić information content (AvgIpc) is 2.90. The van der Waals surface area contributed by atoms with Crippen molar-refractivity contribution in [2.45, 2.75) is 6.10 Å². The number of morpholine rings is 1. The zero-order valence-corrected chi connectivity index (χ0v) is 11.0. The van der Waals surface area contributed by atoms with Gasteiger partial charge in [0.25, 0.3) is 0 Å². The molecule has 2 heterocycles. The summed E-state index contributed by atoms with van der Waals surface area (Å²) in [4.78, 5) is 26.9. The van der Waals surface area contributed by atoms with Crippen LogP contribution in [0.25, 0.3) is 0 Å². The molecule has 0 saturated carbocycles. The van der Waals surface area contributed by atoms with E-state index in [1.54, 1.807) is 4.90 Å². The van der Waals surface area contributed by atoms with Crippen molar-refractivity contribution in [3.63, 3.8) is 0 Å². The number of imide groups is 1. The SMILES string of the molecule is O=C1OC(c2ccccc2)CN1C(=O)N1CCOCC1. The van der Waals surface area contributed by atoms with Crippen LogP contribution in [0.1, 0.15) is 11.7 Å². The van der Waals surface area contributed by atoms with Crippen LogP contribution in [0.5, 0.6) is 0 Å². The minimum atomic E-state index is -0.574. The molecule has 6 nitrogen and oxygen atoms in total. The topological polar surface area (TPSA) is 59.1 Å². The number of ether oxygens (including phenoxy) is 2. The lowest BCUT2D eigenvalue weighted by Crippen LogP contribution is -2.48. The predicted octanol–water partition coefficient (Wildman–Crippen LogP) is 1.63. The lowest BCUT2D eigenvalue weighted by Gasteiger charge is -2.29. The van der Waals surface area contributed by atoms with Crippen LogP contribution in [0.3, 0.4) is 0 Å². The fourth-order valence-electron chi connectivity index (χ4n) is 2.39. The van der Waals surface area contributed by atoms with E-state index in [1.165, 1.54) is 4.90 Å². The number of rotatable bonds is 1. The van der Waals surface area contributed by atoms with Crippen molar-refractivity contribution in [2.75, 3.05) is 32.8 Å². The van der Waals surface area contributed by atoms with Crippen molar-refractivity contribution in [2.24, 2.45) is 0 Å². The summed E-state index contributed by atoms with van der Waals surface area (Å²) in [7, 11) is 0. The monoisotopic (exact) mass is 276 g/mol. The number of carbonyl (C=O) groups excluding carboxylic acids is 2. The smallest absolute Gasteiger partial charge is 0.418 e. The minimum absolute atomic E-state index is 0.263. The first-order valence-corrected chi connectivity index (χ1v) is 6.65. The maximum absolute atomic E-state index is 12.3. The zero-order valence-electron chi connectivity index (χ0n) is 11.0. The summed E-state index contributed by atoms with van der Waals surface area (Å²) >= 11 is 0. The Labute approximate surface area is 116 Å². The van der Waals surface area contributed by atoms with Gasteiger partial charge in [-0.15, -0.1) is 0 Å². The lowest BCUT2D eigenvalue weighted by atomic mass is 10.1. The number of carbonyl (C=O) groups is 2. The predicted molar refractivity (Wildman–Crippen MR) is 70.2 cm³/mol. The van der Waals surface area contributed by atoms with Gasteiger partial charge < -0.3 is 14.4 Å². The molecule has 0 aliphatic carbocycles. The normalized spacial score (nSPS) is 22.8. The van der Waals surface area contributed by atoms with Gasteiger partial charge in [-0.25, -0.2) is 14.5 Å². The van der Waals surface area contributed by atoms with Gasteiger partial charge in [0.05, 0.1) is 19.8 Å². The number of benzene rings is 1. The highest BCUT2D eigenvalue weighted by Gasteiger charge is 2.38. The Balaban J connectivity index is 1.69. The number of urea groups is 1. The molecule has 20 heavy (non-hydrogen) atoms. The number of hydrogen-bond donors (Lipinski definition) is 0. The molecule has 3 amide bonds. The highest BCUT2D eigenvalue weighted by atomic mass is 16.6. The fraction of sp³-hybridized carbons (Fsp3) is 0.429. The molecule has 0 spiro atoms. The van der Waals surface area contributed by atoms with Crippen molar-refractivity contribution in [1.82, 2.24) is 9.80 Å². The van der Waals surface area contributed by atoms with Crippen molar-refractivity contribution in [1.29, 1.82) is 0 Å². The van der Waals surface area contributed by atoms with E-state index in [0.717, 1.165) is 5.56 Å². The van der Waals surface area contributed by atoms with Gasteiger partial charge in [0, 0.05) is 13.1 Å². The average molecular weight is 276 g/mol. The van der Waals surface area contributed by atoms with Crippen LogP contribution in [-0.4, -0.2) is 54.8 Å². The van der Waals surface area contributed by atoms with Crippen LogP contribution in [0, 0.1) is 0 Å². The summed E-state index contributed by atoms with van der Waals surface area (Å²) in [6.07, 6.45) is -0.955. The third-order valence-corrected chi connectivity index (χ3v) is 3.50. The van der Waals surface area contributed by atoms with Gasteiger partial charge in [-0.2, -0.15) is 0 Å². The fourth-order valence-corrected chi connectivity index (χ4v) is 2.39. The molecular weight excluding hydrogens is 260 g/mol. The standard InChI is InChI=1S/C14H16N2O4/c17-13(15-6-8-19-9-7-15)16-10-12(20-14(16)18)11-4-2-1-3-5-11/h1-5,12H,6-10H2. The summed E-state index contributed by atoms with van der Waals surface area (Å²) in [5.41, 5.74) is 0.901. The van der Waals surface area contributed by atoms with Gasteiger partial charge in [-0.1, -0.05) is 30.3 Å². The quantitative estimate of drug-likeness (QED) is 0.782. The second-order valence-electron chi connectivity index (χ2n) is 4.78. The second-order valence-corrected chi connectivity index (χ2v) is 4.78. The van der Waals surface area contributed by atoms with Gasteiger partial charge >= 0.3 is 12.1 Å². The van der Waals surface area contributed by atoms with Crippen LogP contribution in [0.2, 0.25) is 0 Å². The molecule has 2 aliphatic rings. The molecule has 1 unspecified atom stereocenters. The summed E-state index contributed by atoms with van der Waals surface area (Å²) in [5, 5.41) is 0. The molecule has 2 aliphatic heterocycles.